The first-order chi connectivity index (χ1) is 21.2. The summed E-state index contributed by atoms with van der Waals surface area (Å²) in [6.45, 7) is 22.9. The van der Waals surface area contributed by atoms with E-state index in [4.69, 9.17) is 4.74 Å². The molecule has 0 spiro atoms. The lowest BCUT2D eigenvalue weighted by Crippen LogP contribution is -2.65. The van der Waals surface area contributed by atoms with Gasteiger partial charge < -0.3 is 9.64 Å². The van der Waals surface area contributed by atoms with E-state index in [2.05, 4.69) is 59.4 Å². The van der Waals surface area contributed by atoms with E-state index in [-0.39, 0.29) is 39.1 Å². The third-order valence-corrected chi connectivity index (χ3v) is 16.4. The van der Waals surface area contributed by atoms with Crippen molar-refractivity contribution in [3.05, 3.63) is 11.6 Å². The van der Waals surface area contributed by atoms with Gasteiger partial charge in [-0.15, -0.1) is 0 Å². The number of carbonyl (C=O) groups excluding carboxylic acids is 2. The topological polar surface area (TPSA) is 46.6 Å². The van der Waals surface area contributed by atoms with Gasteiger partial charge in [-0.1, -0.05) is 66.5 Å². The van der Waals surface area contributed by atoms with Crippen molar-refractivity contribution in [2.24, 2.45) is 56.7 Å². The van der Waals surface area contributed by atoms with E-state index < -0.39 is 0 Å². The van der Waals surface area contributed by atoms with Crippen molar-refractivity contribution < 1.29 is 14.3 Å². The predicted octanol–water partition coefficient (Wildman–Crippen LogP) is 9.80. The second-order valence-corrected chi connectivity index (χ2v) is 18.5. The summed E-state index contributed by atoms with van der Waals surface area (Å²) < 4.78 is 5.96. The first-order valence-electron chi connectivity index (χ1n) is 19.3. The molecule has 1 heterocycles. The van der Waals surface area contributed by atoms with Crippen LogP contribution in [0.5, 0.6) is 0 Å². The Balaban J connectivity index is 1.26. The summed E-state index contributed by atoms with van der Waals surface area (Å²) in [4.78, 5) is 29.2. The summed E-state index contributed by atoms with van der Waals surface area (Å²) in [5.41, 5.74) is 2.16. The Morgan fingerprint density at radius 2 is 1.60 bits per heavy atom. The van der Waals surface area contributed by atoms with Crippen molar-refractivity contribution in [3.63, 3.8) is 0 Å². The zero-order valence-corrected chi connectivity index (χ0v) is 30.4. The standard InChI is InChI=1S/C41H67NO3/c1-28-17-22-41(34(44)14-10-13-27-42-25-11-9-12-26-42)24-23-39(7)31(36(41)29(28)2)15-16-33-38(6)20-19-35(45-30(3)43)37(4,5)32(38)18-21-40(33,39)8/h15,28-29,32-33,35-36H,9-14,16-27H2,1-8H3/t28-,29+,32?,33?,35+,36?,38+,39-,40-,41-/m1/s1. The molecule has 1 aliphatic heterocycles. The average Bonchev–Trinajstić information content (AvgIpc) is 2.99. The van der Waals surface area contributed by atoms with Gasteiger partial charge in [-0.2, -0.15) is 0 Å². The second kappa shape index (κ2) is 12.1. The molecule has 4 nitrogen and oxygen atoms in total. The summed E-state index contributed by atoms with van der Waals surface area (Å²) in [5.74, 6) is 3.32. The highest BCUT2D eigenvalue weighted by molar-refractivity contribution is 5.86. The molecule has 6 aliphatic rings. The number of ether oxygens (including phenoxy) is 1. The molecule has 0 aromatic carbocycles. The zero-order valence-electron chi connectivity index (χ0n) is 30.4. The summed E-state index contributed by atoms with van der Waals surface area (Å²) in [5, 5.41) is 0. The number of ketones is 1. The number of likely N-dealkylation sites (tertiary alicyclic amines) is 1. The second-order valence-electron chi connectivity index (χ2n) is 18.5. The summed E-state index contributed by atoms with van der Waals surface area (Å²) in [6, 6.07) is 0. The van der Waals surface area contributed by atoms with Crippen molar-refractivity contribution in [2.45, 2.75) is 158 Å². The van der Waals surface area contributed by atoms with Crippen LogP contribution in [0.3, 0.4) is 0 Å². The van der Waals surface area contributed by atoms with Gasteiger partial charge in [-0.05, 0) is 149 Å². The van der Waals surface area contributed by atoms with Crippen LogP contribution in [0, 0.1) is 56.7 Å². The highest BCUT2D eigenvalue weighted by atomic mass is 16.5. The molecule has 0 bridgehead atoms. The van der Waals surface area contributed by atoms with Crippen LogP contribution in [0.25, 0.3) is 0 Å². The summed E-state index contributed by atoms with van der Waals surface area (Å²) >= 11 is 0. The van der Waals surface area contributed by atoms with Gasteiger partial charge in [0.15, 0.2) is 0 Å². The smallest absolute Gasteiger partial charge is 0.302 e. The number of hydrogen-bond donors (Lipinski definition) is 0. The van der Waals surface area contributed by atoms with Crippen LogP contribution in [0.4, 0.5) is 0 Å². The van der Waals surface area contributed by atoms with Crippen molar-refractivity contribution in [1.82, 2.24) is 4.90 Å². The van der Waals surface area contributed by atoms with E-state index in [9.17, 15) is 9.59 Å². The lowest BCUT2D eigenvalue weighted by atomic mass is 9.33. The minimum Gasteiger partial charge on any atom is -0.462 e. The van der Waals surface area contributed by atoms with Gasteiger partial charge in [0.1, 0.15) is 11.9 Å². The molecule has 6 rings (SSSR count). The third kappa shape index (κ3) is 5.23. The normalized spacial score (nSPS) is 46.1. The van der Waals surface area contributed by atoms with E-state index in [1.807, 2.05) is 0 Å². The van der Waals surface area contributed by atoms with Crippen LogP contribution in [0.15, 0.2) is 11.6 Å². The molecular formula is C41H67NO3. The first-order valence-corrected chi connectivity index (χ1v) is 19.3. The Bertz CT molecular complexity index is 1170. The number of fused-ring (bicyclic) bond motifs is 7. The number of piperidine rings is 1. The van der Waals surface area contributed by atoms with Crippen molar-refractivity contribution in [3.8, 4) is 0 Å². The summed E-state index contributed by atoms with van der Waals surface area (Å²) in [7, 11) is 0. The molecule has 0 radical (unpaired) electrons. The van der Waals surface area contributed by atoms with Gasteiger partial charge in [0.05, 0.1) is 0 Å². The number of esters is 1. The fourth-order valence-corrected chi connectivity index (χ4v) is 13.4. The minimum absolute atomic E-state index is 0.0135. The largest absolute Gasteiger partial charge is 0.462 e. The Morgan fingerprint density at radius 3 is 2.31 bits per heavy atom. The Hall–Kier alpha value is -1.16. The molecule has 254 valence electrons. The molecular weight excluding hydrogens is 554 g/mol. The maximum absolute atomic E-state index is 14.5. The Kier molecular flexibility index (Phi) is 9.04. The number of unbranched alkanes of at least 4 members (excludes halogenated alkanes) is 1. The van der Waals surface area contributed by atoms with Gasteiger partial charge in [-0.25, -0.2) is 0 Å². The van der Waals surface area contributed by atoms with Gasteiger partial charge in [0.25, 0.3) is 0 Å². The Labute approximate surface area is 276 Å². The molecule has 45 heavy (non-hydrogen) atoms. The number of allylic oxidation sites excluding steroid dienone is 2. The number of hydrogen-bond acceptors (Lipinski definition) is 4. The van der Waals surface area contributed by atoms with Gasteiger partial charge in [0, 0.05) is 24.2 Å². The maximum atomic E-state index is 14.5. The van der Waals surface area contributed by atoms with E-state index in [0.717, 1.165) is 44.9 Å². The van der Waals surface area contributed by atoms with Gasteiger partial charge in [0.2, 0.25) is 0 Å². The van der Waals surface area contributed by atoms with Gasteiger partial charge in [-0.3, -0.25) is 9.59 Å². The van der Waals surface area contributed by atoms with Gasteiger partial charge >= 0.3 is 5.97 Å². The lowest BCUT2D eigenvalue weighted by molar-refractivity contribution is -0.212. The number of Topliss-reactive ketones (excluding diaryl/α,β-unsaturated/α-hetero) is 1. The van der Waals surface area contributed by atoms with Crippen LogP contribution in [-0.2, 0) is 14.3 Å². The fourth-order valence-electron chi connectivity index (χ4n) is 13.4. The van der Waals surface area contributed by atoms with E-state index in [1.165, 1.54) is 71.0 Å². The molecule has 4 heteroatoms. The molecule has 0 aromatic heterocycles. The van der Waals surface area contributed by atoms with Crippen molar-refractivity contribution in [2.75, 3.05) is 19.6 Å². The average molecular weight is 622 g/mol. The van der Waals surface area contributed by atoms with Crippen LogP contribution >= 0.6 is 0 Å². The maximum Gasteiger partial charge on any atom is 0.302 e. The molecule has 0 N–H and O–H groups in total. The highest BCUT2D eigenvalue weighted by Crippen LogP contribution is 2.76. The van der Waals surface area contributed by atoms with E-state index in [1.54, 1.807) is 12.5 Å². The SMILES string of the molecule is CC(=O)O[C@H]1CC[C@@]2(C)C(CC[C@]3(C)C2CC=C2C4[C@@H](C)[C@H](C)CC[C@]4(C(=O)CCCCN4CCCCC4)CC[C@]23C)C1(C)C. The fraction of sp³-hybridized carbons (Fsp3) is 0.902. The molecule has 4 saturated carbocycles. The van der Waals surface area contributed by atoms with E-state index >= 15 is 0 Å². The molecule has 3 unspecified atom stereocenters. The van der Waals surface area contributed by atoms with Crippen molar-refractivity contribution >= 4 is 11.8 Å². The number of carbonyl (C=O) groups is 2. The molecule has 5 fully saturated rings. The number of nitrogens with zero attached hydrogens (tertiary/aromatic N) is 1. The Morgan fingerprint density at radius 1 is 0.867 bits per heavy atom. The molecule has 10 atom stereocenters. The highest BCUT2D eigenvalue weighted by Gasteiger charge is 2.69. The third-order valence-electron chi connectivity index (χ3n) is 16.4. The molecule has 1 saturated heterocycles. The zero-order chi connectivity index (χ0) is 32.4. The van der Waals surface area contributed by atoms with Crippen LogP contribution in [-0.4, -0.2) is 42.4 Å². The lowest BCUT2D eigenvalue weighted by Gasteiger charge is -2.71. The summed E-state index contributed by atoms with van der Waals surface area (Å²) in [6.07, 6.45) is 20.2. The molecule has 0 aromatic rings. The number of rotatable bonds is 7. The van der Waals surface area contributed by atoms with Crippen LogP contribution in [0.1, 0.15) is 152 Å². The predicted molar refractivity (Wildman–Crippen MR) is 184 cm³/mol. The minimum atomic E-state index is -0.142. The van der Waals surface area contributed by atoms with Crippen LogP contribution < -0.4 is 0 Å². The molecule has 5 aliphatic carbocycles. The monoisotopic (exact) mass is 622 g/mol. The molecule has 0 amide bonds. The first kappa shape index (κ1) is 33.7. The van der Waals surface area contributed by atoms with Crippen molar-refractivity contribution in [1.29, 1.82) is 0 Å². The quantitative estimate of drug-likeness (QED) is 0.161. The van der Waals surface area contributed by atoms with Crippen LogP contribution in [0.2, 0.25) is 0 Å². The van der Waals surface area contributed by atoms with E-state index in [0.29, 0.717) is 35.4 Å².